The first kappa shape index (κ1) is 13.2. The number of aliphatic hydroxyl groups excluding tert-OH is 1. The van der Waals surface area contributed by atoms with E-state index in [1.54, 1.807) is 0 Å². The molecule has 16 heavy (non-hydrogen) atoms. The van der Waals surface area contributed by atoms with Gasteiger partial charge in [-0.15, -0.1) is 0 Å². The van der Waals surface area contributed by atoms with E-state index in [0.717, 1.165) is 4.31 Å². The lowest BCUT2D eigenvalue weighted by molar-refractivity contribution is 0.266. The quantitative estimate of drug-likeness (QED) is 0.778. The molecule has 0 saturated carbocycles. The summed E-state index contributed by atoms with van der Waals surface area (Å²) < 4.78 is 24.9. The number of halogens is 1. The van der Waals surface area contributed by atoms with Gasteiger partial charge in [0, 0.05) is 18.6 Å². The minimum atomic E-state index is -3.66. The first-order chi connectivity index (χ1) is 7.39. The van der Waals surface area contributed by atoms with Gasteiger partial charge in [-0.1, -0.05) is 11.6 Å². The Kier molecular flexibility index (Phi) is 4.15. The third kappa shape index (κ3) is 2.65. The van der Waals surface area contributed by atoms with E-state index in [0.29, 0.717) is 5.02 Å². The summed E-state index contributed by atoms with van der Waals surface area (Å²) in [5, 5.41) is 9.08. The van der Waals surface area contributed by atoms with Gasteiger partial charge >= 0.3 is 0 Å². The topological polar surface area (TPSA) is 83.6 Å². The molecule has 0 aliphatic heterocycles. The first-order valence-electron chi connectivity index (χ1n) is 4.52. The molecule has 0 atom stereocenters. The number of benzene rings is 1. The summed E-state index contributed by atoms with van der Waals surface area (Å²) in [4.78, 5) is -0.00662. The van der Waals surface area contributed by atoms with Crippen molar-refractivity contribution in [1.82, 2.24) is 4.31 Å². The summed E-state index contributed by atoms with van der Waals surface area (Å²) in [6.45, 7) is -0.229. The molecule has 0 heterocycles. The maximum Gasteiger partial charge on any atom is 0.244 e. The van der Waals surface area contributed by atoms with Gasteiger partial charge in [0.2, 0.25) is 10.0 Å². The molecule has 0 aliphatic rings. The van der Waals surface area contributed by atoms with Crippen molar-refractivity contribution in [1.29, 1.82) is 0 Å². The molecule has 0 bridgehead atoms. The number of nitrogen functional groups attached to an aromatic ring is 1. The molecule has 0 aromatic heterocycles. The van der Waals surface area contributed by atoms with Gasteiger partial charge in [0.05, 0.1) is 12.3 Å². The molecule has 3 N–H and O–H groups in total. The highest BCUT2D eigenvalue weighted by Gasteiger charge is 2.22. The van der Waals surface area contributed by atoms with Gasteiger partial charge in [-0.2, -0.15) is 4.31 Å². The normalized spacial score (nSPS) is 12.0. The van der Waals surface area contributed by atoms with E-state index in [1.165, 1.54) is 25.2 Å². The molecule has 0 fully saturated rings. The van der Waals surface area contributed by atoms with Gasteiger partial charge in [0.1, 0.15) is 4.90 Å². The summed E-state index contributed by atoms with van der Waals surface area (Å²) >= 11 is 5.68. The van der Waals surface area contributed by atoms with Crippen LogP contribution in [0.15, 0.2) is 23.1 Å². The van der Waals surface area contributed by atoms with Crippen molar-refractivity contribution in [2.45, 2.75) is 4.90 Å². The second-order valence-corrected chi connectivity index (χ2v) is 5.68. The standard InChI is InChI=1S/C9H13ClN2O3S/c1-12(4-5-13)16(14,15)9-3-2-7(10)6-8(9)11/h2-3,6,13H,4-5,11H2,1H3. The number of nitrogens with zero attached hydrogens (tertiary/aromatic N) is 1. The molecule has 1 rings (SSSR count). The van der Waals surface area contributed by atoms with Crippen LogP contribution in [0, 0.1) is 0 Å². The minimum absolute atomic E-state index is 0.00662. The fraction of sp³-hybridized carbons (Fsp3) is 0.333. The van der Waals surface area contributed by atoms with Crippen LogP contribution in [-0.4, -0.2) is 38.0 Å². The van der Waals surface area contributed by atoms with Crippen LogP contribution in [0.25, 0.3) is 0 Å². The van der Waals surface area contributed by atoms with Gasteiger partial charge in [-0.05, 0) is 18.2 Å². The molecular weight excluding hydrogens is 252 g/mol. The van der Waals surface area contributed by atoms with E-state index < -0.39 is 10.0 Å². The summed E-state index contributed by atoms with van der Waals surface area (Å²) in [6, 6.07) is 4.18. The average molecular weight is 265 g/mol. The van der Waals surface area contributed by atoms with E-state index in [2.05, 4.69) is 0 Å². The lowest BCUT2D eigenvalue weighted by Crippen LogP contribution is -2.30. The molecule has 0 amide bonds. The van der Waals surface area contributed by atoms with Crippen LogP contribution in [0.2, 0.25) is 5.02 Å². The van der Waals surface area contributed by atoms with Crippen LogP contribution < -0.4 is 5.73 Å². The van der Waals surface area contributed by atoms with Gasteiger partial charge in [0.25, 0.3) is 0 Å². The maximum absolute atomic E-state index is 11.9. The Morgan fingerprint density at radius 1 is 1.50 bits per heavy atom. The Morgan fingerprint density at radius 3 is 2.62 bits per heavy atom. The molecule has 1 aromatic rings. The molecular formula is C9H13ClN2O3S. The fourth-order valence-electron chi connectivity index (χ4n) is 1.18. The third-order valence-electron chi connectivity index (χ3n) is 2.07. The number of likely N-dealkylation sites (N-methyl/N-ethyl adjacent to an activating group) is 1. The lowest BCUT2D eigenvalue weighted by atomic mass is 10.3. The fourth-order valence-corrected chi connectivity index (χ4v) is 2.62. The van der Waals surface area contributed by atoms with Crippen molar-refractivity contribution in [2.24, 2.45) is 0 Å². The van der Waals surface area contributed by atoms with Crippen molar-refractivity contribution in [3.8, 4) is 0 Å². The maximum atomic E-state index is 11.9. The molecule has 0 unspecified atom stereocenters. The molecule has 0 spiro atoms. The largest absolute Gasteiger partial charge is 0.398 e. The zero-order valence-corrected chi connectivity index (χ0v) is 10.3. The van der Waals surface area contributed by atoms with E-state index in [-0.39, 0.29) is 23.7 Å². The number of hydrogen-bond donors (Lipinski definition) is 2. The summed E-state index contributed by atoms with van der Waals surface area (Å²) in [5.41, 5.74) is 5.68. The summed E-state index contributed by atoms with van der Waals surface area (Å²) in [7, 11) is -2.28. The number of sulfonamides is 1. The summed E-state index contributed by atoms with van der Waals surface area (Å²) in [5.74, 6) is 0. The third-order valence-corrected chi connectivity index (χ3v) is 4.24. The van der Waals surface area contributed by atoms with Crippen molar-refractivity contribution < 1.29 is 13.5 Å². The van der Waals surface area contributed by atoms with E-state index in [4.69, 9.17) is 22.4 Å². The van der Waals surface area contributed by atoms with E-state index in [9.17, 15) is 8.42 Å². The Hall–Kier alpha value is -0.820. The average Bonchev–Trinajstić information content (AvgIpc) is 2.17. The summed E-state index contributed by atoms with van der Waals surface area (Å²) in [6.07, 6.45) is 0. The lowest BCUT2D eigenvalue weighted by Gasteiger charge is -2.17. The number of rotatable bonds is 4. The minimum Gasteiger partial charge on any atom is -0.398 e. The molecule has 1 aromatic carbocycles. The Labute approximate surface area is 99.5 Å². The number of hydrogen-bond acceptors (Lipinski definition) is 4. The second kappa shape index (κ2) is 5.01. The molecule has 7 heteroatoms. The predicted molar refractivity (Wildman–Crippen MR) is 62.8 cm³/mol. The Balaban J connectivity index is 3.17. The highest BCUT2D eigenvalue weighted by atomic mass is 35.5. The molecule has 5 nitrogen and oxygen atoms in total. The highest BCUT2D eigenvalue weighted by Crippen LogP contribution is 2.24. The van der Waals surface area contributed by atoms with E-state index >= 15 is 0 Å². The van der Waals surface area contributed by atoms with Crippen molar-refractivity contribution in [2.75, 3.05) is 25.9 Å². The van der Waals surface area contributed by atoms with Gasteiger partial charge in [-0.3, -0.25) is 0 Å². The van der Waals surface area contributed by atoms with Gasteiger partial charge < -0.3 is 10.8 Å². The zero-order chi connectivity index (χ0) is 12.3. The van der Waals surface area contributed by atoms with Crippen LogP contribution in [0.3, 0.4) is 0 Å². The number of nitrogens with two attached hydrogens (primary N) is 1. The second-order valence-electron chi connectivity index (χ2n) is 3.23. The van der Waals surface area contributed by atoms with Crippen LogP contribution >= 0.6 is 11.6 Å². The smallest absolute Gasteiger partial charge is 0.244 e. The SMILES string of the molecule is CN(CCO)S(=O)(=O)c1ccc(Cl)cc1N. The molecule has 0 radical (unpaired) electrons. The number of aliphatic hydroxyl groups is 1. The van der Waals surface area contributed by atoms with Crippen LogP contribution in [-0.2, 0) is 10.0 Å². The Bertz CT molecular complexity index is 476. The number of anilines is 1. The monoisotopic (exact) mass is 264 g/mol. The van der Waals surface area contributed by atoms with Crippen molar-refractivity contribution in [3.05, 3.63) is 23.2 Å². The van der Waals surface area contributed by atoms with E-state index in [1.807, 2.05) is 0 Å². The van der Waals surface area contributed by atoms with Crippen molar-refractivity contribution >= 4 is 27.3 Å². The van der Waals surface area contributed by atoms with Crippen LogP contribution in [0.1, 0.15) is 0 Å². The molecule has 0 aliphatic carbocycles. The first-order valence-corrected chi connectivity index (χ1v) is 6.33. The van der Waals surface area contributed by atoms with Crippen molar-refractivity contribution in [3.63, 3.8) is 0 Å². The molecule has 0 saturated heterocycles. The van der Waals surface area contributed by atoms with Crippen LogP contribution in [0.5, 0.6) is 0 Å². The predicted octanol–water partition coefficient (Wildman–Crippen LogP) is 0.535. The van der Waals surface area contributed by atoms with Gasteiger partial charge in [-0.25, -0.2) is 8.42 Å². The highest BCUT2D eigenvalue weighted by molar-refractivity contribution is 7.89. The molecule has 90 valence electrons. The van der Waals surface area contributed by atoms with Gasteiger partial charge in [0.15, 0.2) is 0 Å². The zero-order valence-electron chi connectivity index (χ0n) is 8.72. The Morgan fingerprint density at radius 2 is 2.12 bits per heavy atom. The van der Waals surface area contributed by atoms with Crippen LogP contribution in [0.4, 0.5) is 5.69 Å².